The highest BCUT2D eigenvalue weighted by Gasteiger charge is 2.05. The molecule has 0 bridgehead atoms. The number of benzene rings is 1. The minimum Gasteiger partial charge on any atom is -0.384 e. The molecule has 1 aromatic carbocycles. The molecule has 1 heterocycles. The van der Waals surface area contributed by atoms with Crippen molar-refractivity contribution in [3.8, 4) is 0 Å². The zero-order chi connectivity index (χ0) is 11.5. The minimum absolute atomic E-state index is 0.510. The van der Waals surface area contributed by atoms with E-state index in [0.29, 0.717) is 22.3 Å². The van der Waals surface area contributed by atoms with Crippen LogP contribution < -0.4 is 5.73 Å². The van der Waals surface area contributed by atoms with Crippen LogP contribution in [0.2, 0.25) is 10.0 Å². The predicted octanol–water partition coefficient (Wildman–Crippen LogP) is 3.56. The molecule has 0 spiro atoms. The van der Waals surface area contributed by atoms with Gasteiger partial charge in [0, 0.05) is 6.20 Å². The van der Waals surface area contributed by atoms with Gasteiger partial charge in [-0.1, -0.05) is 35.3 Å². The van der Waals surface area contributed by atoms with Gasteiger partial charge in [0.2, 0.25) is 0 Å². The number of anilines is 1. The van der Waals surface area contributed by atoms with Crippen LogP contribution in [-0.2, 0) is 6.42 Å². The summed E-state index contributed by atoms with van der Waals surface area (Å²) in [6.45, 7) is 0. The summed E-state index contributed by atoms with van der Waals surface area (Å²) in [7, 11) is 0. The molecule has 0 atom stereocenters. The first kappa shape index (κ1) is 11.2. The summed E-state index contributed by atoms with van der Waals surface area (Å²) in [5, 5.41) is 1.17. The molecule has 0 aliphatic rings. The SMILES string of the molecule is Nc1cc(Cc2cccc(Cl)c2Cl)ccn1. The Hall–Kier alpha value is -1.25. The topological polar surface area (TPSA) is 38.9 Å². The number of hydrogen-bond donors (Lipinski definition) is 1. The van der Waals surface area contributed by atoms with E-state index in [-0.39, 0.29) is 0 Å². The van der Waals surface area contributed by atoms with Crippen molar-refractivity contribution in [3.05, 3.63) is 57.7 Å². The zero-order valence-electron chi connectivity index (χ0n) is 8.45. The molecule has 1 aromatic heterocycles. The van der Waals surface area contributed by atoms with Crippen molar-refractivity contribution in [3.63, 3.8) is 0 Å². The fourth-order valence-corrected chi connectivity index (χ4v) is 1.90. The Labute approximate surface area is 104 Å². The quantitative estimate of drug-likeness (QED) is 0.888. The van der Waals surface area contributed by atoms with E-state index >= 15 is 0 Å². The van der Waals surface area contributed by atoms with Gasteiger partial charge in [-0.25, -0.2) is 4.98 Å². The molecule has 0 fully saturated rings. The second kappa shape index (κ2) is 4.73. The van der Waals surface area contributed by atoms with E-state index in [1.165, 1.54) is 0 Å². The van der Waals surface area contributed by atoms with Crippen LogP contribution in [0.25, 0.3) is 0 Å². The van der Waals surface area contributed by atoms with Crippen molar-refractivity contribution in [1.82, 2.24) is 4.98 Å². The van der Waals surface area contributed by atoms with Gasteiger partial charge in [0.25, 0.3) is 0 Å². The second-order valence-corrected chi connectivity index (χ2v) is 4.26. The normalized spacial score (nSPS) is 10.4. The van der Waals surface area contributed by atoms with E-state index in [4.69, 9.17) is 28.9 Å². The lowest BCUT2D eigenvalue weighted by molar-refractivity contribution is 1.17. The fourth-order valence-electron chi connectivity index (χ4n) is 1.51. The van der Waals surface area contributed by atoms with E-state index in [1.807, 2.05) is 24.3 Å². The zero-order valence-corrected chi connectivity index (χ0v) is 9.96. The van der Waals surface area contributed by atoms with Crippen molar-refractivity contribution >= 4 is 29.0 Å². The van der Waals surface area contributed by atoms with Gasteiger partial charge in [-0.2, -0.15) is 0 Å². The molecule has 16 heavy (non-hydrogen) atoms. The highest BCUT2D eigenvalue weighted by Crippen LogP contribution is 2.27. The van der Waals surface area contributed by atoms with E-state index in [1.54, 1.807) is 12.3 Å². The third kappa shape index (κ3) is 2.46. The van der Waals surface area contributed by atoms with Gasteiger partial charge in [-0.15, -0.1) is 0 Å². The number of pyridine rings is 1. The van der Waals surface area contributed by atoms with Crippen LogP contribution in [0.1, 0.15) is 11.1 Å². The molecular formula is C12H10Cl2N2. The van der Waals surface area contributed by atoms with Gasteiger partial charge < -0.3 is 5.73 Å². The standard InChI is InChI=1S/C12H10Cl2N2/c13-10-3-1-2-9(12(10)14)6-8-4-5-16-11(15)7-8/h1-5,7H,6H2,(H2,15,16). The van der Waals surface area contributed by atoms with Crippen LogP contribution in [0.3, 0.4) is 0 Å². The Bertz CT molecular complexity index is 512. The van der Waals surface area contributed by atoms with Crippen molar-refractivity contribution in [2.75, 3.05) is 5.73 Å². The Morgan fingerprint density at radius 1 is 1.19 bits per heavy atom. The van der Waals surface area contributed by atoms with Gasteiger partial charge in [-0.05, 0) is 35.7 Å². The fraction of sp³-hybridized carbons (Fsp3) is 0.0833. The third-order valence-electron chi connectivity index (χ3n) is 2.27. The molecule has 0 radical (unpaired) electrons. The van der Waals surface area contributed by atoms with E-state index in [2.05, 4.69) is 4.98 Å². The monoisotopic (exact) mass is 252 g/mol. The number of rotatable bonds is 2. The molecule has 2 nitrogen and oxygen atoms in total. The van der Waals surface area contributed by atoms with E-state index in [0.717, 1.165) is 11.1 Å². The summed E-state index contributed by atoms with van der Waals surface area (Å²) < 4.78 is 0. The highest BCUT2D eigenvalue weighted by molar-refractivity contribution is 6.42. The number of aromatic nitrogens is 1. The number of nitrogen functional groups attached to an aromatic ring is 1. The molecule has 0 saturated carbocycles. The Morgan fingerprint density at radius 2 is 2.00 bits per heavy atom. The highest BCUT2D eigenvalue weighted by atomic mass is 35.5. The van der Waals surface area contributed by atoms with Gasteiger partial charge in [-0.3, -0.25) is 0 Å². The summed E-state index contributed by atoms with van der Waals surface area (Å²) in [6.07, 6.45) is 2.38. The predicted molar refractivity (Wildman–Crippen MR) is 67.9 cm³/mol. The minimum atomic E-state index is 0.510. The number of nitrogens with two attached hydrogens (primary N) is 1. The molecule has 2 aromatic rings. The maximum absolute atomic E-state index is 6.10. The first-order chi connectivity index (χ1) is 7.66. The summed E-state index contributed by atoms with van der Waals surface area (Å²) >= 11 is 12.0. The smallest absolute Gasteiger partial charge is 0.123 e. The molecule has 0 saturated heterocycles. The van der Waals surface area contributed by atoms with Crippen LogP contribution in [0.15, 0.2) is 36.5 Å². The Kier molecular flexibility index (Phi) is 3.32. The molecule has 82 valence electrons. The lowest BCUT2D eigenvalue weighted by Crippen LogP contribution is -1.94. The van der Waals surface area contributed by atoms with Gasteiger partial charge >= 0.3 is 0 Å². The largest absolute Gasteiger partial charge is 0.384 e. The summed E-state index contributed by atoms with van der Waals surface area (Å²) in [5.74, 6) is 0.510. The average molecular weight is 253 g/mol. The maximum Gasteiger partial charge on any atom is 0.123 e. The van der Waals surface area contributed by atoms with Gasteiger partial charge in [0.05, 0.1) is 10.0 Å². The van der Waals surface area contributed by atoms with Crippen LogP contribution in [-0.4, -0.2) is 4.98 Å². The van der Waals surface area contributed by atoms with Gasteiger partial charge in [0.1, 0.15) is 5.82 Å². The van der Waals surface area contributed by atoms with Crippen LogP contribution in [0.5, 0.6) is 0 Å². The third-order valence-corrected chi connectivity index (χ3v) is 3.13. The molecule has 0 aliphatic heterocycles. The molecular weight excluding hydrogens is 243 g/mol. The summed E-state index contributed by atoms with van der Waals surface area (Å²) in [5.41, 5.74) is 7.66. The number of halogens is 2. The molecule has 0 amide bonds. The number of hydrogen-bond acceptors (Lipinski definition) is 2. The molecule has 4 heteroatoms. The van der Waals surface area contributed by atoms with Crippen molar-refractivity contribution in [1.29, 1.82) is 0 Å². The molecule has 0 aliphatic carbocycles. The maximum atomic E-state index is 6.10. The van der Waals surface area contributed by atoms with Crippen molar-refractivity contribution < 1.29 is 0 Å². The van der Waals surface area contributed by atoms with E-state index < -0.39 is 0 Å². The Morgan fingerprint density at radius 3 is 2.75 bits per heavy atom. The molecule has 2 N–H and O–H groups in total. The summed E-state index contributed by atoms with van der Waals surface area (Å²) in [6, 6.07) is 9.35. The van der Waals surface area contributed by atoms with Crippen LogP contribution in [0.4, 0.5) is 5.82 Å². The van der Waals surface area contributed by atoms with Gasteiger partial charge in [0.15, 0.2) is 0 Å². The van der Waals surface area contributed by atoms with Crippen LogP contribution >= 0.6 is 23.2 Å². The van der Waals surface area contributed by atoms with Crippen molar-refractivity contribution in [2.24, 2.45) is 0 Å². The lowest BCUT2D eigenvalue weighted by Gasteiger charge is -2.06. The summed E-state index contributed by atoms with van der Waals surface area (Å²) in [4.78, 5) is 3.94. The van der Waals surface area contributed by atoms with E-state index in [9.17, 15) is 0 Å². The Balaban J connectivity index is 2.31. The second-order valence-electron chi connectivity index (χ2n) is 3.48. The number of nitrogens with zero attached hydrogens (tertiary/aromatic N) is 1. The molecule has 0 unspecified atom stereocenters. The van der Waals surface area contributed by atoms with Crippen LogP contribution in [0, 0.1) is 0 Å². The molecule has 2 rings (SSSR count). The van der Waals surface area contributed by atoms with Crippen molar-refractivity contribution in [2.45, 2.75) is 6.42 Å². The first-order valence-corrected chi connectivity index (χ1v) is 5.55. The lowest BCUT2D eigenvalue weighted by atomic mass is 10.1. The first-order valence-electron chi connectivity index (χ1n) is 4.80. The average Bonchev–Trinajstić information content (AvgIpc) is 2.25.